The topological polar surface area (TPSA) is 100 Å². The van der Waals surface area contributed by atoms with Crippen LogP contribution in [0.15, 0.2) is 54.6 Å². The quantitative estimate of drug-likeness (QED) is 0.223. The van der Waals surface area contributed by atoms with E-state index in [-0.39, 0.29) is 12.5 Å². The van der Waals surface area contributed by atoms with Gasteiger partial charge in [0.15, 0.2) is 0 Å². The Labute approximate surface area is 212 Å². The average Bonchev–Trinajstić information content (AvgIpc) is 3.69. The minimum absolute atomic E-state index is 0.150. The Kier molecular flexibility index (Phi) is 8.99. The smallest absolute Gasteiger partial charge is 0.316 e. The lowest BCUT2D eigenvalue weighted by atomic mass is 10.0. The van der Waals surface area contributed by atoms with E-state index >= 15 is 0 Å². The van der Waals surface area contributed by atoms with Crippen molar-refractivity contribution in [3.05, 3.63) is 65.7 Å². The van der Waals surface area contributed by atoms with E-state index < -0.39 is 8.25 Å². The van der Waals surface area contributed by atoms with E-state index in [1.165, 1.54) is 12.8 Å². The summed E-state index contributed by atoms with van der Waals surface area (Å²) in [7, 11) is 0.899. The number of nitrogens with zero attached hydrogens (tertiary/aromatic N) is 1. The van der Waals surface area contributed by atoms with Gasteiger partial charge in [-0.15, -0.1) is 0 Å². The molecule has 3 aromatic carbocycles. The van der Waals surface area contributed by atoms with Crippen LogP contribution >= 0.6 is 8.25 Å². The number of ether oxygens (including phenoxy) is 1. The van der Waals surface area contributed by atoms with Crippen LogP contribution < -0.4 is 20.3 Å². The number of carbonyl (C=O) groups excluding carboxylic acids is 1. The van der Waals surface area contributed by atoms with Gasteiger partial charge in [0.1, 0.15) is 5.75 Å². The monoisotopic (exact) mass is 511 g/mol. The number of fused-ring (bicyclic) bond motifs is 1. The number of methoxy groups -OCH3 is 1. The fraction of sp³-hybridized carbons (Fsp3) is 0.370. The van der Waals surface area contributed by atoms with E-state index in [1.807, 2.05) is 54.6 Å². The number of nitrogens with one attached hydrogen (secondary N) is 2. The van der Waals surface area contributed by atoms with Crippen molar-refractivity contribution in [2.45, 2.75) is 25.8 Å². The molecule has 1 aliphatic carbocycles. The molecule has 0 bridgehead atoms. The number of benzene rings is 3. The van der Waals surface area contributed by atoms with Crippen LogP contribution in [-0.2, 0) is 15.6 Å². The van der Waals surface area contributed by atoms with Crippen LogP contribution in [0.2, 0.25) is 0 Å². The number of amides is 1. The van der Waals surface area contributed by atoms with Crippen LogP contribution in [0.3, 0.4) is 0 Å². The Bertz CT molecular complexity index is 1210. The van der Waals surface area contributed by atoms with E-state index in [0.29, 0.717) is 25.1 Å². The molecule has 1 fully saturated rings. The van der Waals surface area contributed by atoms with Crippen LogP contribution in [0.1, 0.15) is 35.2 Å². The number of carbonyl (C=O) groups is 1. The second kappa shape index (κ2) is 12.4. The van der Waals surface area contributed by atoms with Gasteiger partial charge < -0.3 is 29.7 Å². The highest BCUT2D eigenvalue weighted by atomic mass is 31.1. The highest BCUT2D eigenvalue weighted by Gasteiger charge is 2.24. The molecule has 9 heteroatoms. The molecule has 0 heterocycles. The summed E-state index contributed by atoms with van der Waals surface area (Å²) in [5.41, 5.74) is 3.45. The van der Waals surface area contributed by atoms with E-state index in [1.54, 1.807) is 7.11 Å². The molecular weight excluding hydrogens is 477 g/mol. The first-order valence-corrected chi connectivity index (χ1v) is 13.5. The van der Waals surface area contributed by atoms with Crippen molar-refractivity contribution >= 4 is 36.3 Å². The number of hydrogen-bond acceptors (Lipinski definition) is 6. The van der Waals surface area contributed by atoms with Gasteiger partial charge in [-0.05, 0) is 79.1 Å². The molecule has 1 unspecified atom stereocenters. The van der Waals surface area contributed by atoms with Crippen molar-refractivity contribution in [1.82, 2.24) is 5.32 Å². The van der Waals surface area contributed by atoms with Crippen molar-refractivity contribution in [2.75, 3.05) is 44.1 Å². The van der Waals surface area contributed by atoms with Gasteiger partial charge in [0.05, 0.1) is 13.7 Å². The standard InChI is InChI=1S/C27H34N3O5P/c1-30(18-20-4-5-20)26-15-22(14-21-8-11-24(34-2)16-25(21)26)27(31)29-23-9-6-19(7-10-23)17-28-12-3-13-35-36(32)33/h6-11,14-16,20,28,36H,3-5,12-13,17-18H2,1-2H3,(H,29,31)(H,32,33). The first-order valence-electron chi connectivity index (χ1n) is 12.2. The number of hydrogen-bond donors (Lipinski definition) is 3. The van der Waals surface area contributed by atoms with Gasteiger partial charge >= 0.3 is 8.25 Å². The fourth-order valence-corrected chi connectivity index (χ4v) is 4.49. The summed E-state index contributed by atoms with van der Waals surface area (Å²) in [6.07, 6.45) is 3.18. The highest BCUT2D eigenvalue weighted by molar-refractivity contribution is 7.32. The molecule has 1 amide bonds. The van der Waals surface area contributed by atoms with Crippen LogP contribution in [0.4, 0.5) is 11.4 Å². The zero-order valence-electron chi connectivity index (χ0n) is 20.8. The summed E-state index contributed by atoms with van der Waals surface area (Å²) in [4.78, 5) is 24.1. The molecule has 192 valence electrons. The van der Waals surface area contributed by atoms with Gasteiger partial charge in [-0.2, -0.15) is 0 Å². The number of rotatable bonds is 13. The Morgan fingerprint density at radius 1 is 1.14 bits per heavy atom. The maximum Gasteiger partial charge on any atom is 0.316 e. The summed E-state index contributed by atoms with van der Waals surface area (Å²) in [6.45, 7) is 2.57. The average molecular weight is 512 g/mol. The maximum atomic E-state index is 13.2. The molecule has 0 aliphatic heterocycles. The Hall–Kier alpha value is -2.90. The van der Waals surface area contributed by atoms with Crippen LogP contribution in [0, 0.1) is 5.92 Å². The SMILES string of the molecule is COc1ccc2cc(C(=O)Nc3ccc(CNCCCO[PH](=O)O)cc3)cc(N(C)CC3CC3)c2c1. The van der Waals surface area contributed by atoms with Gasteiger partial charge in [-0.3, -0.25) is 9.36 Å². The molecule has 8 nitrogen and oxygen atoms in total. The summed E-state index contributed by atoms with van der Waals surface area (Å²) < 4.78 is 20.6. The van der Waals surface area contributed by atoms with Gasteiger partial charge in [-0.25, -0.2) is 0 Å². The van der Waals surface area contributed by atoms with Crippen molar-refractivity contribution in [3.63, 3.8) is 0 Å². The van der Waals surface area contributed by atoms with Crippen molar-refractivity contribution in [1.29, 1.82) is 0 Å². The third-order valence-corrected chi connectivity index (χ3v) is 6.76. The van der Waals surface area contributed by atoms with Crippen molar-refractivity contribution < 1.29 is 23.5 Å². The lowest BCUT2D eigenvalue weighted by Gasteiger charge is -2.22. The third kappa shape index (κ3) is 7.31. The minimum atomic E-state index is -2.85. The third-order valence-electron chi connectivity index (χ3n) is 6.31. The molecule has 1 atom stereocenters. The molecule has 3 aromatic rings. The summed E-state index contributed by atoms with van der Waals surface area (Å²) in [5.74, 6) is 1.37. The van der Waals surface area contributed by atoms with Gasteiger partial charge in [0.25, 0.3) is 5.91 Å². The molecule has 0 aromatic heterocycles. The maximum absolute atomic E-state index is 13.2. The van der Waals surface area contributed by atoms with Crippen molar-refractivity contribution in [3.8, 4) is 5.75 Å². The molecule has 0 saturated heterocycles. The highest BCUT2D eigenvalue weighted by Crippen LogP contribution is 2.35. The summed E-state index contributed by atoms with van der Waals surface area (Å²) >= 11 is 0. The Morgan fingerprint density at radius 2 is 1.92 bits per heavy atom. The molecule has 0 spiro atoms. The first kappa shape index (κ1) is 26.2. The van der Waals surface area contributed by atoms with Crippen LogP contribution in [-0.4, -0.2) is 44.7 Å². The molecule has 3 N–H and O–H groups in total. The zero-order valence-corrected chi connectivity index (χ0v) is 21.8. The van der Waals surface area contributed by atoms with Gasteiger partial charge in [0, 0.05) is 42.5 Å². The Balaban J connectivity index is 1.41. The second-order valence-electron chi connectivity index (χ2n) is 9.20. The fourth-order valence-electron chi connectivity index (χ4n) is 4.18. The largest absolute Gasteiger partial charge is 0.497 e. The van der Waals surface area contributed by atoms with Crippen LogP contribution in [0.25, 0.3) is 10.8 Å². The summed E-state index contributed by atoms with van der Waals surface area (Å²) in [6, 6.07) is 17.6. The molecule has 0 radical (unpaired) electrons. The predicted octanol–water partition coefficient (Wildman–Crippen LogP) is 4.83. The molecular formula is C27H34N3O5P. The zero-order chi connectivity index (χ0) is 25.5. The first-order chi connectivity index (χ1) is 17.4. The van der Waals surface area contributed by atoms with Crippen molar-refractivity contribution in [2.24, 2.45) is 5.92 Å². The van der Waals surface area contributed by atoms with E-state index in [0.717, 1.165) is 45.9 Å². The van der Waals surface area contributed by atoms with Gasteiger partial charge in [-0.1, -0.05) is 18.2 Å². The van der Waals surface area contributed by atoms with E-state index in [9.17, 15) is 9.36 Å². The predicted molar refractivity (Wildman–Crippen MR) is 144 cm³/mol. The molecule has 36 heavy (non-hydrogen) atoms. The molecule has 1 aliphatic rings. The Morgan fingerprint density at radius 3 is 2.61 bits per heavy atom. The summed E-state index contributed by atoms with van der Waals surface area (Å²) in [5, 5.41) is 8.36. The van der Waals surface area contributed by atoms with E-state index in [4.69, 9.17) is 9.63 Å². The normalized spacial score (nSPS) is 14.0. The minimum Gasteiger partial charge on any atom is -0.497 e. The lowest BCUT2D eigenvalue weighted by Crippen LogP contribution is -2.21. The molecule has 4 rings (SSSR count). The van der Waals surface area contributed by atoms with Gasteiger partial charge in [0.2, 0.25) is 0 Å². The second-order valence-corrected chi connectivity index (χ2v) is 10.0. The van der Waals surface area contributed by atoms with Crippen LogP contribution in [0.5, 0.6) is 5.75 Å². The van der Waals surface area contributed by atoms with E-state index in [2.05, 4.69) is 27.1 Å². The lowest BCUT2D eigenvalue weighted by molar-refractivity contribution is 0.102. The number of anilines is 2. The molecule has 1 saturated carbocycles.